The van der Waals surface area contributed by atoms with E-state index in [0.29, 0.717) is 0 Å². The van der Waals surface area contributed by atoms with Gasteiger partial charge in [-0.05, 0) is 37.4 Å². The van der Waals surface area contributed by atoms with Crippen LogP contribution in [0.5, 0.6) is 0 Å². The summed E-state index contributed by atoms with van der Waals surface area (Å²) in [5.74, 6) is 0.988. The number of halogens is 1. The van der Waals surface area contributed by atoms with Crippen molar-refractivity contribution in [3.63, 3.8) is 0 Å². The highest BCUT2D eigenvalue weighted by molar-refractivity contribution is 6.33. The standard InChI is InChI=1S/C16H24ClN3/c1-18-11-14-3-2-4-15(17)16(14)20-9-7-19(8-10-20)12-13-5-6-13/h2-4,13,18H,5-12H2,1H3. The van der Waals surface area contributed by atoms with Gasteiger partial charge in [0.05, 0.1) is 10.7 Å². The second-order valence-corrected chi connectivity index (χ2v) is 6.42. The lowest BCUT2D eigenvalue weighted by Gasteiger charge is -2.37. The molecule has 3 rings (SSSR count). The number of rotatable bonds is 5. The molecular weight excluding hydrogens is 270 g/mol. The largest absolute Gasteiger partial charge is 0.368 e. The first kappa shape index (κ1) is 14.2. The number of piperazine rings is 1. The first-order chi connectivity index (χ1) is 9.78. The molecule has 110 valence electrons. The van der Waals surface area contributed by atoms with E-state index in [2.05, 4.69) is 21.2 Å². The summed E-state index contributed by atoms with van der Waals surface area (Å²) in [6.07, 6.45) is 2.88. The fourth-order valence-corrected chi connectivity index (χ4v) is 3.38. The van der Waals surface area contributed by atoms with Gasteiger partial charge in [-0.25, -0.2) is 0 Å². The van der Waals surface area contributed by atoms with Crippen LogP contribution in [-0.2, 0) is 6.54 Å². The third kappa shape index (κ3) is 3.27. The van der Waals surface area contributed by atoms with E-state index in [0.717, 1.165) is 30.6 Å². The van der Waals surface area contributed by atoms with Gasteiger partial charge in [0, 0.05) is 39.3 Å². The minimum absolute atomic E-state index is 0.873. The summed E-state index contributed by atoms with van der Waals surface area (Å²) < 4.78 is 0. The van der Waals surface area contributed by atoms with Crippen LogP contribution in [0.25, 0.3) is 0 Å². The van der Waals surface area contributed by atoms with Crippen molar-refractivity contribution in [1.29, 1.82) is 0 Å². The van der Waals surface area contributed by atoms with E-state index in [1.165, 1.54) is 43.7 Å². The van der Waals surface area contributed by atoms with E-state index in [9.17, 15) is 0 Å². The Labute approximate surface area is 126 Å². The van der Waals surface area contributed by atoms with Gasteiger partial charge in [0.25, 0.3) is 0 Å². The van der Waals surface area contributed by atoms with Crippen molar-refractivity contribution in [2.75, 3.05) is 44.7 Å². The van der Waals surface area contributed by atoms with Gasteiger partial charge in [0.2, 0.25) is 0 Å². The molecule has 1 aromatic rings. The van der Waals surface area contributed by atoms with Gasteiger partial charge in [-0.15, -0.1) is 0 Å². The summed E-state index contributed by atoms with van der Waals surface area (Å²) >= 11 is 6.45. The highest BCUT2D eigenvalue weighted by Crippen LogP contribution is 2.32. The van der Waals surface area contributed by atoms with E-state index >= 15 is 0 Å². The van der Waals surface area contributed by atoms with Crippen LogP contribution >= 0.6 is 11.6 Å². The normalized spacial score (nSPS) is 20.4. The molecule has 0 unspecified atom stereocenters. The van der Waals surface area contributed by atoms with E-state index < -0.39 is 0 Å². The SMILES string of the molecule is CNCc1cccc(Cl)c1N1CCN(CC2CC2)CC1. The smallest absolute Gasteiger partial charge is 0.0642 e. The molecule has 0 amide bonds. The first-order valence-corrected chi connectivity index (χ1v) is 8.05. The summed E-state index contributed by atoms with van der Waals surface area (Å²) in [5, 5.41) is 4.12. The highest BCUT2D eigenvalue weighted by atomic mass is 35.5. The molecule has 0 spiro atoms. The average molecular weight is 294 g/mol. The van der Waals surface area contributed by atoms with Crippen molar-refractivity contribution >= 4 is 17.3 Å². The predicted molar refractivity (Wildman–Crippen MR) is 85.6 cm³/mol. The summed E-state index contributed by atoms with van der Waals surface area (Å²) in [7, 11) is 1.98. The van der Waals surface area contributed by atoms with Crippen LogP contribution in [0.15, 0.2) is 18.2 Å². The monoisotopic (exact) mass is 293 g/mol. The maximum atomic E-state index is 6.45. The molecule has 1 aliphatic carbocycles. The topological polar surface area (TPSA) is 18.5 Å². The molecule has 4 heteroatoms. The van der Waals surface area contributed by atoms with Crippen LogP contribution in [0.3, 0.4) is 0 Å². The Hall–Kier alpha value is -0.770. The van der Waals surface area contributed by atoms with Crippen molar-refractivity contribution < 1.29 is 0 Å². The molecule has 1 aromatic carbocycles. The minimum Gasteiger partial charge on any atom is -0.368 e. The molecule has 0 bridgehead atoms. The van der Waals surface area contributed by atoms with Crippen LogP contribution in [0.4, 0.5) is 5.69 Å². The van der Waals surface area contributed by atoms with E-state index in [4.69, 9.17) is 11.6 Å². The Kier molecular flexibility index (Phi) is 4.49. The molecule has 1 aliphatic heterocycles. The average Bonchev–Trinajstić information content (AvgIpc) is 3.25. The Morgan fingerprint density at radius 2 is 1.95 bits per heavy atom. The Morgan fingerprint density at radius 3 is 2.60 bits per heavy atom. The van der Waals surface area contributed by atoms with Crippen LogP contribution in [0.1, 0.15) is 18.4 Å². The van der Waals surface area contributed by atoms with Gasteiger partial charge in [-0.3, -0.25) is 4.90 Å². The Balaban J connectivity index is 1.67. The summed E-state index contributed by atoms with van der Waals surface area (Å²) in [6, 6.07) is 6.22. The molecule has 1 saturated carbocycles. The fourth-order valence-electron chi connectivity index (χ4n) is 3.07. The molecule has 20 heavy (non-hydrogen) atoms. The van der Waals surface area contributed by atoms with Gasteiger partial charge < -0.3 is 10.2 Å². The Morgan fingerprint density at radius 1 is 1.20 bits per heavy atom. The van der Waals surface area contributed by atoms with Crippen molar-refractivity contribution in [2.45, 2.75) is 19.4 Å². The van der Waals surface area contributed by atoms with Crippen molar-refractivity contribution in [3.8, 4) is 0 Å². The third-order valence-electron chi connectivity index (χ3n) is 4.34. The first-order valence-electron chi connectivity index (χ1n) is 7.67. The Bertz CT molecular complexity index is 451. The van der Waals surface area contributed by atoms with Crippen LogP contribution in [0.2, 0.25) is 5.02 Å². The molecule has 2 aliphatic rings. The number of nitrogens with one attached hydrogen (secondary N) is 1. The fraction of sp³-hybridized carbons (Fsp3) is 0.625. The number of anilines is 1. The second kappa shape index (κ2) is 6.33. The molecule has 1 saturated heterocycles. The van der Waals surface area contributed by atoms with Crippen molar-refractivity contribution in [3.05, 3.63) is 28.8 Å². The maximum Gasteiger partial charge on any atom is 0.0642 e. The lowest BCUT2D eigenvalue weighted by molar-refractivity contribution is 0.248. The lowest BCUT2D eigenvalue weighted by Crippen LogP contribution is -2.47. The molecule has 3 nitrogen and oxygen atoms in total. The second-order valence-electron chi connectivity index (χ2n) is 6.01. The van der Waals surface area contributed by atoms with Crippen LogP contribution < -0.4 is 10.2 Å². The highest BCUT2D eigenvalue weighted by Gasteiger charge is 2.27. The maximum absolute atomic E-state index is 6.45. The van der Waals surface area contributed by atoms with E-state index in [1.54, 1.807) is 0 Å². The zero-order valence-corrected chi connectivity index (χ0v) is 13.0. The zero-order chi connectivity index (χ0) is 13.9. The van der Waals surface area contributed by atoms with Gasteiger partial charge in [-0.1, -0.05) is 23.7 Å². The third-order valence-corrected chi connectivity index (χ3v) is 4.64. The minimum atomic E-state index is 0.873. The van der Waals surface area contributed by atoms with Crippen molar-refractivity contribution in [2.24, 2.45) is 5.92 Å². The molecule has 1 N–H and O–H groups in total. The lowest BCUT2D eigenvalue weighted by atomic mass is 10.1. The van der Waals surface area contributed by atoms with E-state index in [-0.39, 0.29) is 0 Å². The van der Waals surface area contributed by atoms with Gasteiger partial charge in [0.15, 0.2) is 0 Å². The van der Waals surface area contributed by atoms with Gasteiger partial charge >= 0.3 is 0 Å². The summed E-state index contributed by atoms with van der Waals surface area (Å²) in [4.78, 5) is 5.07. The predicted octanol–water partition coefficient (Wildman–Crippen LogP) is 2.59. The number of hydrogen-bond donors (Lipinski definition) is 1. The molecule has 2 fully saturated rings. The van der Waals surface area contributed by atoms with Crippen LogP contribution in [-0.4, -0.2) is 44.7 Å². The summed E-state index contributed by atoms with van der Waals surface area (Å²) in [6.45, 7) is 6.69. The number of hydrogen-bond acceptors (Lipinski definition) is 3. The van der Waals surface area contributed by atoms with Gasteiger partial charge in [0.1, 0.15) is 0 Å². The molecule has 0 radical (unpaired) electrons. The van der Waals surface area contributed by atoms with Crippen LogP contribution in [0, 0.1) is 5.92 Å². The molecule has 0 aromatic heterocycles. The number of para-hydroxylation sites is 1. The molecular formula is C16H24ClN3. The van der Waals surface area contributed by atoms with Gasteiger partial charge in [-0.2, -0.15) is 0 Å². The quantitative estimate of drug-likeness (QED) is 0.900. The summed E-state index contributed by atoms with van der Waals surface area (Å²) in [5.41, 5.74) is 2.53. The molecule has 1 heterocycles. The zero-order valence-electron chi connectivity index (χ0n) is 12.2. The molecule has 0 atom stereocenters. The number of benzene rings is 1. The van der Waals surface area contributed by atoms with E-state index in [1.807, 2.05) is 19.2 Å². The van der Waals surface area contributed by atoms with Crippen molar-refractivity contribution in [1.82, 2.24) is 10.2 Å². The number of nitrogens with zero attached hydrogens (tertiary/aromatic N) is 2.